The van der Waals surface area contributed by atoms with Gasteiger partial charge in [-0.05, 0) is 30.3 Å². The number of fused-ring (bicyclic) bond motifs is 1. The molecule has 0 bridgehead atoms. The monoisotopic (exact) mass is 403 g/mol. The molecule has 10 heteroatoms. The number of hydrogen-bond acceptors (Lipinski definition) is 5. The minimum atomic E-state index is -4.88. The fourth-order valence-electron chi connectivity index (χ4n) is 2.32. The molecule has 0 unspecified atom stereocenters. The highest BCUT2D eigenvalue weighted by molar-refractivity contribution is 6.33. The lowest BCUT2D eigenvalue weighted by molar-refractivity contribution is -0.391. The molecule has 0 radical (unpaired) electrons. The van der Waals surface area contributed by atoms with Gasteiger partial charge in [-0.15, -0.1) is 0 Å². The third-order valence-electron chi connectivity index (χ3n) is 3.68. The normalized spacial score (nSPS) is 16.6. The van der Waals surface area contributed by atoms with Crippen molar-refractivity contribution in [3.63, 3.8) is 0 Å². The van der Waals surface area contributed by atoms with Gasteiger partial charge in [-0.1, -0.05) is 11.6 Å². The van der Waals surface area contributed by atoms with E-state index in [1.807, 2.05) is 0 Å². The lowest BCUT2D eigenvalue weighted by Crippen LogP contribution is -2.52. The van der Waals surface area contributed by atoms with E-state index in [4.69, 9.17) is 11.6 Å². The third-order valence-corrected chi connectivity index (χ3v) is 3.99. The van der Waals surface area contributed by atoms with Crippen LogP contribution in [0.3, 0.4) is 0 Å². The zero-order valence-corrected chi connectivity index (χ0v) is 14.1. The molecule has 2 heterocycles. The standard InChI is InChI=1S/C17H10ClF4NO4/c18-10-2-1-7-23-15(10)12(25)5-4-11(24)9-3-6-13-14(8-9)27-17(21,22)16(19,20)26-13/h1-3,6-8H,4-5H2. The topological polar surface area (TPSA) is 65.5 Å². The van der Waals surface area contributed by atoms with Gasteiger partial charge in [0.25, 0.3) is 0 Å². The summed E-state index contributed by atoms with van der Waals surface area (Å²) in [5.41, 5.74) is -0.0886. The Balaban J connectivity index is 1.72. The van der Waals surface area contributed by atoms with Crippen LogP contribution in [0.15, 0.2) is 36.5 Å². The second kappa shape index (κ2) is 6.80. The van der Waals surface area contributed by atoms with Crippen molar-refractivity contribution >= 4 is 23.2 Å². The molecule has 0 atom stereocenters. The van der Waals surface area contributed by atoms with Gasteiger partial charge in [-0.25, -0.2) is 0 Å². The zero-order valence-electron chi connectivity index (χ0n) is 13.3. The van der Waals surface area contributed by atoms with E-state index < -0.39 is 35.3 Å². The average molecular weight is 404 g/mol. The first-order valence-electron chi connectivity index (χ1n) is 7.55. The van der Waals surface area contributed by atoms with E-state index in [1.165, 1.54) is 12.3 Å². The van der Waals surface area contributed by atoms with E-state index in [2.05, 4.69) is 14.5 Å². The zero-order chi connectivity index (χ0) is 19.8. The van der Waals surface area contributed by atoms with Crippen LogP contribution in [-0.4, -0.2) is 28.8 Å². The molecule has 0 saturated heterocycles. The van der Waals surface area contributed by atoms with Gasteiger partial charge in [-0.3, -0.25) is 14.6 Å². The van der Waals surface area contributed by atoms with Gasteiger partial charge in [0.1, 0.15) is 5.69 Å². The van der Waals surface area contributed by atoms with Crippen LogP contribution in [0.4, 0.5) is 17.6 Å². The Labute approximate surface area is 154 Å². The van der Waals surface area contributed by atoms with E-state index in [0.29, 0.717) is 0 Å². The van der Waals surface area contributed by atoms with Gasteiger partial charge in [0.2, 0.25) is 0 Å². The molecule has 1 aliphatic rings. The van der Waals surface area contributed by atoms with Gasteiger partial charge >= 0.3 is 12.2 Å². The maximum atomic E-state index is 13.2. The molecule has 0 aliphatic carbocycles. The minimum absolute atomic E-state index is 0.0102. The maximum Gasteiger partial charge on any atom is 0.507 e. The Morgan fingerprint density at radius 2 is 1.59 bits per heavy atom. The lowest BCUT2D eigenvalue weighted by atomic mass is 10.0. The number of rotatable bonds is 5. The van der Waals surface area contributed by atoms with Crippen molar-refractivity contribution in [3.05, 3.63) is 52.8 Å². The molecular weight excluding hydrogens is 394 g/mol. The number of carbonyl (C=O) groups is 2. The number of hydrogen-bond donors (Lipinski definition) is 0. The maximum absolute atomic E-state index is 13.2. The molecule has 0 saturated carbocycles. The Kier molecular flexibility index (Phi) is 4.81. The first-order valence-corrected chi connectivity index (χ1v) is 7.93. The predicted octanol–water partition coefficient (Wildman–Crippen LogP) is 4.54. The van der Waals surface area contributed by atoms with E-state index in [0.717, 1.165) is 18.2 Å². The number of alkyl halides is 4. The molecule has 2 aromatic rings. The number of aromatic nitrogens is 1. The molecule has 0 fully saturated rings. The van der Waals surface area contributed by atoms with Crippen molar-refractivity contribution in [1.82, 2.24) is 4.98 Å². The van der Waals surface area contributed by atoms with Crippen molar-refractivity contribution < 1.29 is 36.6 Å². The molecule has 5 nitrogen and oxygen atoms in total. The van der Waals surface area contributed by atoms with Crippen molar-refractivity contribution in [3.8, 4) is 11.5 Å². The number of pyridine rings is 1. The molecule has 142 valence electrons. The van der Waals surface area contributed by atoms with Crippen LogP contribution in [0.1, 0.15) is 33.7 Å². The summed E-state index contributed by atoms with van der Waals surface area (Å²) in [6, 6.07) is 5.91. The molecule has 0 amide bonds. The van der Waals surface area contributed by atoms with Crippen LogP contribution in [0.5, 0.6) is 11.5 Å². The first-order chi connectivity index (χ1) is 12.6. The molecular formula is C17H10ClF4NO4. The molecule has 0 N–H and O–H groups in total. The second-order valence-electron chi connectivity index (χ2n) is 5.58. The quantitative estimate of drug-likeness (QED) is 0.542. The highest BCUT2D eigenvalue weighted by Gasteiger charge is 2.65. The number of ether oxygens (including phenoxy) is 2. The molecule has 3 rings (SSSR count). The summed E-state index contributed by atoms with van der Waals surface area (Å²) in [5, 5.41) is 0.137. The van der Waals surface area contributed by atoms with Gasteiger partial charge in [0.05, 0.1) is 5.02 Å². The van der Waals surface area contributed by atoms with Crippen LogP contribution in [0.25, 0.3) is 0 Å². The first kappa shape index (κ1) is 19.1. The molecule has 1 aromatic carbocycles. The Morgan fingerprint density at radius 3 is 2.26 bits per heavy atom. The Hall–Kier alpha value is -2.68. The number of nitrogens with zero attached hydrogens (tertiary/aromatic N) is 1. The number of ketones is 2. The second-order valence-corrected chi connectivity index (χ2v) is 5.99. The Bertz CT molecular complexity index is 920. The van der Waals surface area contributed by atoms with Gasteiger partial charge in [-0.2, -0.15) is 17.6 Å². The fourth-order valence-corrected chi connectivity index (χ4v) is 2.55. The third kappa shape index (κ3) is 3.73. The summed E-state index contributed by atoms with van der Waals surface area (Å²) in [5.74, 6) is -2.38. The largest absolute Gasteiger partial charge is 0.507 e. The van der Waals surface area contributed by atoms with Crippen LogP contribution in [-0.2, 0) is 0 Å². The minimum Gasteiger partial charge on any atom is -0.421 e. The van der Waals surface area contributed by atoms with Crippen molar-refractivity contribution in [2.45, 2.75) is 25.1 Å². The van der Waals surface area contributed by atoms with Gasteiger partial charge in [0.15, 0.2) is 23.1 Å². The van der Waals surface area contributed by atoms with E-state index in [1.54, 1.807) is 6.07 Å². The Morgan fingerprint density at radius 1 is 0.963 bits per heavy atom. The highest BCUT2D eigenvalue weighted by atomic mass is 35.5. The summed E-state index contributed by atoms with van der Waals surface area (Å²) in [7, 11) is 0. The van der Waals surface area contributed by atoms with E-state index >= 15 is 0 Å². The summed E-state index contributed by atoms with van der Waals surface area (Å²) in [6.45, 7) is 0. The van der Waals surface area contributed by atoms with E-state index in [9.17, 15) is 27.2 Å². The summed E-state index contributed by atoms with van der Waals surface area (Å²) in [6.07, 6.45) is -8.83. The van der Waals surface area contributed by atoms with Gasteiger partial charge in [0, 0.05) is 24.6 Å². The van der Waals surface area contributed by atoms with Gasteiger partial charge < -0.3 is 9.47 Å². The number of Topliss-reactive ketones (excluding diaryl/α,β-unsaturated/α-hetero) is 2. The smallest absolute Gasteiger partial charge is 0.421 e. The number of benzene rings is 1. The fraction of sp³-hybridized carbons (Fsp3) is 0.235. The molecule has 1 aliphatic heterocycles. The summed E-state index contributed by atoms with van der Waals surface area (Å²) < 4.78 is 60.6. The SMILES string of the molecule is O=C(CCC(=O)c1ncccc1Cl)c1ccc2c(c1)OC(F)(F)C(F)(F)O2. The highest BCUT2D eigenvalue weighted by Crippen LogP contribution is 2.47. The van der Waals surface area contributed by atoms with Crippen LogP contribution in [0, 0.1) is 0 Å². The number of halogens is 5. The summed E-state index contributed by atoms with van der Waals surface area (Å²) >= 11 is 5.85. The van der Waals surface area contributed by atoms with Crippen LogP contribution < -0.4 is 9.47 Å². The molecule has 1 aromatic heterocycles. The lowest BCUT2D eigenvalue weighted by Gasteiger charge is -2.31. The van der Waals surface area contributed by atoms with Crippen molar-refractivity contribution in [2.24, 2.45) is 0 Å². The van der Waals surface area contributed by atoms with Crippen LogP contribution >= 0.6 is 11.6 Å². The van der Waals surface area contributed by atoms with Crippen molar-refractivity contribution in [1.29, 1.82) is 0 Å². The van der Waals surface area contributed by atoms with Crippen molar-refractivity contribution in [2.75, 3.05) is 0 Å². The summed E-state index contributed by atoms with van der Waals surface area (Å²) in [4.78, 5) is 28.1. The average Bonchev–Trinajstić information content (AvgIpc) is 2.60. The number of carbonyl (C=O) groups excluding carboxylic acids is 2. The molecule has 27 heavy (non-hydrogen) atoms. The van der Waals surface area contributed by atoms with Crippen LogP contribution in [0.2, 0.25) is 5.02 Å². The van der Waals surface area contributed by atoms with E-state index in [-0.39, 0.29) is 29.1 Å². The predicted molar refractivity (Wildman–Crippen MR) is 84.7 cm³/mol. The molecule has 0 spiro atoms.